The first-order valence-electron chi connectivity index (χ1n) is 8.31. The summed E-state index contributed by atoms with van der Waals surface area (Å²) in [5.74, 6) is -3.90. The normalized spacial score (nSPS) is 15.1. The number of amides is 1. The number of nitrogens with zero attached hydrogens (tertiary/aromatic N) is 2. The van der Waals surface area contributed by atoms with Crippen LogP contribution in [0.4, 0.5) is 0 Å². The van der Waals surface area contributed by atoms with Gasteiger partial charge in [0.1, 0.15) is 11.6 Å². The van der Waals surface area contributed by atoms with Crippen molar-refractivity contribution in [2.45, 2.75) is 19.3 Å². The molecule has 3 rings (SSSR count). The smallest absolute Gasteiger partial charge is 0.333 e. The van der Waals surface area contributed by atoms with Crippen LogP contribution in [0.1, 0.15) is 40.1 Å². The maximum absolute atomic E-state index is 12.9. The van der Waals surface area contributed by atoms with Gasteiger partial charge in [-0.05, 0) is 18.6 Å². The molecular formula is C18H15Cl2N3O5. The summed E-state index contributed by atoms with van der Waals surface area (Å²) < 4.78 is 2.00. The Balaban J connectivity index is 2.17. The number of nitrogens with two attached hydrogens (primary N) is 1. The van der Waals surface area contributed by atoms with Crippen molar-refractivity contribution in [1.29, 1.82) is 0 Å². The number of ketones is 3. The van der Waals surface area contributed by atoms with Crippen LogP contribution in [-0.2, 0) is 16.6 Å². The largest absolute Gasteiger partial charge is 0.364 e. The van der Waals surface area contributed by atoms with Gasteiger partial charge in [-0.15, -0.1) is 0 Å². The monoisotopic (exact) mass is 423 g/mol. The van der Waals surface area contributed by atoms with Crippen LogP contribution in [0, 0.1) is 5.92 Å². The minimum atomic E-state index is -1.41. The lowest BCUT2D eigenvalue weighted by molar-refractivity contribution is -0.133. The average molecular weight is 424 g/mol. The summed E-state index contributed by atoms with van der Waals surface area (Å²) in [4.78, 5) is 61.1. The molecule has 1 aromatic carbocycles. The number of aromatic nitrogens is 2. The number of hydrogen-bond acceptors (Lipinski definition) is 5. The molecule has 0 unspecified atom stereocenters. The topological polar surface area (TPSA) is 121 Å². The molecule has 1 amide bonds. The van der Waals surface area contributed by atoms with Crippen LogP contribution in [0.15, 0.2) is 23.1 Å². The minimum absolute atomic E-state index is 0.0339. The van der Waals surface area contributed by atoms with Crippen LogP contribution in [0.5, 0.6) is 0 Å². The van der Waals surface area contributed by atoms with Gasteiger partial charge in [0, 0.05) is 31.6 Å². The highest BCUT2D eigenvalue weighted by molar-refractivity contribution is 6.41. The number of benzene rings is 1. The third-order valence-electron chi connectivity index (χ3n) is 4.68. The van der Waals surface area contributed by atoms with Crippen LogP contribution in [0.2, 0.25) is 10.0 Å². The number of hydrogen-bond donors (Lipinski definition) is 1. The second-order valence-electron chi connectivity index (χ2n) is 6.43. The average Bonchev–Trinajstić information content (AvgIpc) is 2.91. The highest BCUT2D eigenvalue weighted by atomic mass is 35.5. The maximum Gasteiger partial charge on any atom is 0.333 e. The zero-order chi connectivity index (χ0) is 20.7. The summed E-state index contributed by atoms with van der Waals surface area (Å²) in [5.41, 5.74) is 4.35. The molecule has 1 aromatic heterocycles. The molecule has 0 aliphatic heterocycles. The van der Waals surface area contributed by atoms with Crippen molar-refractivity contribution in [3.05, 3.63) is 50.1 Å². The number of rotatable bonds is 4. The van der Waals surface area contributed by atoms with Crippen molar-refractivity contribution in [3.63, 3.8) is 0 Å². The van der Waals surface area contributed by atoms with Crippen molar-refractivity contribution in [2.75, 3.05) is 0 Å². The predicted molar refractivity (Wildman–Crippen MR) is 101 cm³/mol. The van der Waals surface area contributed by atoms with Crippen molar-refractivity contribution >= 4 is 46.5 Å². The molecule has 0 bridgehead atoms. The van der Waals surface area contributed by atoms with Crippen molar-refractivity contribution in [2.24, 2.45) is 18.7 Å². The van der Waals surface area contributed by atoms with Crippen molar-refractivity contribution in [3.8, 4) is 5.69 Å². The van der Waals surface area contributed by atoms with Gasteiger partial charge in [0.25, 0.3) is 5.91 Å². The summed E-state index contributed by atoms with van der Waals surface area (Å²) >= 11 is 12.5. The number of primary amides is 1. The van der Waals surface area contributed by atoms with E-state index in [0.717, 1.165) is 15.3 Å². The van der Waals surface area contributed by atoms with Crippen LogP contribution < -0.4 is 11.4 Å². The third-order valence-corrected chi connectivity index (χ3v) is 5.37. The molecule has 10 heteroatoms. The maximum atomic E-state index is 12.9. The molecule has 2 aromatic rings. The molecule has 0 atom stereocenters. The number of Topliss-reactive ketones (excluding diaryl/α,β-unsaturated/α-hetero) is 3. The van der Waals surface area contributed by atoms with Gasteiger partial charge in [0.15, 0.2) is 17.3 Å². The fourth-order valence-electron chi connectivity index (χ4n) is 3.22. The summed E-state index contributed by atoms with van der Waals surface area (Å²) in [7, 11) is 1.34. The van der Waals surface area contributed by atoms with Gasteiger partial charge in [-0.25, -0.2) is 4.79 Å². The highest BCUT2D eigenvalue weighted by Gasteiger charge is 2.37. The summed E-state index contributed by atoms with van der Waals surface area (Å²) in [6.07, 6.45) is 1.85. The molecular weight excluding hydrogens is 409 g/mol. The fraction of sp³-hybridized carbons (Fsp3) is 0.278. The van der Waals surface area contributed by atoms with E-state index < -0.39 is 34.9 Å². The van der Waals surface area contributed by atoms with E-state index in [1.54, 1.807) is 0 Å². The molecule has 0 radical (unpaired) electrons. The standard InChI is InChI=1S/C18H15Cl2N3O5/c1-22-10(17(21)27)7-23(18(22)28)15-9(19)6-5-8(14(15)20)16(26)13-11(24)3-2-4-12(13)25/h5-7,13H,2-4H2,1H3,(H2,21,27). The third kappa shape index (κ3) is 3.18. The van der Waals surface area contributed by atoms with Crippen LogP contribution in [0.3, 0.4) is 0 Å². The van der Waals surface area contributed by atoms with E-state index in [9.17, 15) is 24.0 Å². The molecule has 0 spiro atoms. The number of carbonyl (C=O) groups is 4. The number of imidazole rings is 1. The van der Waals surface area contributed by atoms with Gasteiger partial charge in [-0.3, -0.25) is 28.3 Å². The molecule has 1 fully saturated rings. The fourth-order valence-corrected chi connectivity index (χ4v) is 3.87. The Bertz CT molecular complexity index is 1080. The van der Waals surface area contributed by atoms with E-state index in [1.165, 1.54) is 19.2 Å². The molecule has 8 nitrogen and oxygen atoms in total. The molecule has 1 aliphatic rings. The van der Waals surface area contributed by atoms with Gasteiger partial charge >= 0.3 is 5.69 Å². The predicted octanol–water partition coefficient (Wildman–Crippen LogP) is 1.70. The van der Waals surface area contributed by atoms with Crippen LogP contribution >= 0.6 is 23.2 Å². The summed E-state index contributed by atoms with van der Waals surface area (Å²) in [6.45, 7) is 0. The Morgan fingerprint density at radius 2 is 1.71 bits per heavy atom. The van der Waals surface area contributed by atoms with Crippen molar-refractivity contribution < 1.29 is 19.2 Å². The molecule has 28 heavy (non-hydrogen) atoms. The molecule has 1 aliphatic carbocycles. The molecule has 0 saturated heterocycles. The lowest BCUT2D eigenvalue weighted by Crippen LogP contribution is -2.35. The molecule has 1 heterocycles. The lowest BCUT2D eigenvalue weighted by Gasteiger charge is -2.19. The lowest BCUT2D eigenvalue weighted by atomic mass is 9.81. The first-order chi connectivity index (χ1) is 13.1. The Kier molecular flexibility index (Phi) is 5.27. The molecule has 146 valence electrons. The van der Waals surface area contributed by atoms with Gasteiger partial charge in [-0.2, -0.15) is 0 Å². The Morgan fingerprint density at radius 3 is 2.25 bits per heavy atom. The van der Waals surface area contributed by atoms with Crippen LogP contribution in [0.25, 0.3) is 5.69 Å². The Labute approximate surface area is 168 Å². The van der Waals surface area contributed by atoms with E-state index in [2.05, 4.69) is 0 Å². The van der Waals surface area contributed by atoms with Gasteiger partial charge in [-0.1, -0.05) is 23.2 Å². The zero-order valence-electron chi connectivity index (χ0n) is 14.7. The SMILES string of the molecule is Cn1c(C(N)=O)cn(-c2c(Cl)ccc(C(=O)C3C(=O)CCCC3=O)c2Cl)c1=O. The van der Waals surface area contributed by atoms with E-state index in [4.69, 9.17) is 28.9 Å². The quantitative estimate of drug-likeness (QED) is 0.592. The van der Waals surface area contributed by atoms with Gasteiger partial charge in [0.05, 0.1) is 15.7 Å². The van der Waals surface area contributed by atoms with Gasteiger partial charge < -0.3 is 5.73 Å². The van der Waals surface area contributed by atoms with Crippen molar-refractivity contribution in [1.82, 2.24) is 9.13 Å². The first-order valence-corrected chi connectivity index (χ1v) is 9.07. The number of halogens is 2. The number of carbonyl (C=O) groups excluding carboxylic acids is 4. The Morgan fingerprint density at radius 1 is 1.11 bits per heavy atom. The van der Waals surface area contributed by atoms with Gasteiger partial charge in [0.2, 0.25) is 0 Å². The van der Waals surface area contributed by atoms with Crippen LogP contribution in [-0.4, -0.2) is 32.4 Å². The second kappa shape index (κ2) is 7.37. The summed E-state index contributed by atoms with van der Waals surface area (Å²) in [6, 6.07) is 2.63. The zero-order valence-corrected chi connectivity index (χ0v) is 16.2. The summed E-state index contributed by atoms with van der Waals surface area (Å²) in [5, 5.41) is -0.168. The van der Waals surface area contributed by atoms with E-state index in [1.807, 2.05) is 0 Å². The first kappa shape index (κ1) is 20.0. The minimum Gasteiger partial charge on any atom is -0.364 e. The highest BCUT2D eigenvalue weighted by Crippen LogP contribution is 2.33. The molecule has 1 saturated carbocycles. The second-order valence-corrected chi connectivity index (χ2v) is 7.22. The van der Waals surface area contributed by atoms with E-state index in [0.29, 0.717) is 6.42 Å². The van der Waals surface area contributed by atoms with E-state index >= 15 is 0 Å². The van der Waals surface area contributed by atoms with E-state index in [-0.39, 0.29) is 39.8 Å². The molecule has 2 N–H and O–H groups in total. The Hall–Kier alpha value is -2.71.